The number of nitrogens with zero attached hydrogens (tertiary/aromatic N) is 4. The van der Waals surface area contributed by atoms with Crippen molar-refractivity contribution in [2.75, 3.05) is 11.4 Å². The van der Waals surface area contributed by atoms with Crippen molar-refractivity contribution in [1.29, 1.82) is 0 Å². The molecule has 0 saturated carbocycles. The first-order valence-corrected chi connectivity index (χ1v) is 8.28. The highest BCUT2D eigenvalue weighted by Crippen LogP contribution is 2.23. The molecule has 25 heavy (non-hydrogen) atoms. The molecule has 2 aromatic rings. The fourth-order valence-electron chi connectivity index (χ4n) is 2.63. The molecule has 132 valence electrons. The van der Waals surface area contributed by atoms with Crippen LogP contribution in [0.5, 0.6) is 0 Å². The predicted molar refractivity (Wildman–Crippen MR) is 97.2 cm³/mol. The third-order valence-corrected chi connectivity index (χ3v) is 3.70. The number of carbonyl (C=O) groups excluding carboxylic acids is 1. The molecule has 1 amide bonds. The van der Waals surface area contributed by atoms with E-state index in [9.17, 15) is 4.79 Å². The molecule has 1 aromatic carbocycles. The van der Waals surface area contributed by atoms with Gasteiger partial charge in [-0.15, -0.1) is 0 Å². The van der Waals surface area contributed by atoms with Crippen LogP contribution in [0.2, 0.25) is 0 Å². The van der Waals surface area contributed by atoms with E-state index < -0.39 is 11.7 Å². The molecule has 7 nitrogen and oxygen atoms in total. The summed E-state index contributed by atoms with van der Waals surface area (Å²) >= 11 is 0. The van der Waals surface area contributed by atoms with Crippen molar-refractivity contribution in [2.45, 2.75) is 39.5 Å². The van der Waals surface area contributed by atoms with E-state index in [1.807, 2.05) is 62.0 Å². The smallest absolute Gasteiger partial charge is 0.412 e. The Morgan fingerprint density at radius 2 is 2.04 bits per heavy atom. The molecule has 0 bridgehead atoms. The number of ether oxygens (including phenoxy) is 1. The maximum Gasteiger partial charge on any atom is 0.412 e. The molecule has 0 aliphatic carbocycles. The van der Waals surface area contributed by atoms with Crippen LogP contribution in [0.15, 0.2) is 41.5 Å². The summed E-state index contributed by atoms with van der Waals surface area (Å²) in [5.74, 6) is 1.16. The summed E-state index contributed by atoms with van der Waals surface area (Å²) in [6.07, 6.45) is 2.66. The molecule has 3 rings (SSSR count). The van der Waals surface area contributed by atoms with Crippen LogP contribution in [0, 0.1) is 0 Å². The number of carbonyl (C=O) groups is 1. The summed E-state index contributed by atoms with van der Waals surface area (Å²) in [6.45, 7) is 8.19. The molecule has 0 radical (unpaired) electrons. The van der Waals surface area contributed by atoms with Gasteiger partial charge in [0.2, 0.25) is 0 Å². The largest absolute Gasteiger partial charge is 0.444 e. The van der Waals surface area contributed by atoms with E-state index in [0.29, 0.717) is 0 Å². The Morgan fingerprint density at radius 3 is 2.76 bits per heavy atom. The van der Waals surface area contributed by atoms with Crippen molar-refractivity contribution in [1.82, 2.24) is 15.1 Å². The monoisotopic (exact) mass is 341 g/mol. The zero-order chi connectivity index (χ0) is 17.9. The fourth-order valence-corrected chi connectivity index (χ4v) is 2.63. The molecular formula is C18H23N5O2. The first kappa shape index (κ1) is 17.0. The Kier molecular flexibility index (Phi) is 4.74. The molecule has 1 aliphatic rings. The molecule has 0 fully saturated rings. The summed E-state index contributed by atoms with van der Waals surface area (Å²) in [4.78, 5) is 18.1. The molecule has 1 N–H and O–H groups in total. The first-order chi connectivity index (χ1) is 11.9. The van der Waals surface area contributed by atoms with Crippen LogP contribution in [0.1, 0.15) is 26.3 Å². The van der Waals surface area contributed by atoms with E-state index >= 15 is 0 Å². The number of aliphatic imine (C=N–C) groups is 1. The molecule has 0 unspecified atom stereocenters. The van der Waals surface area contributed by atoms with Crippen molar-refractivity contribution in [2.24, 2.45) is 4.99 Å². The van der Waals surface area contributed by atoms with Gasteiger partial charge in [-0.3, -0.25) is 5.32 Å². The molecule has 7 heteroatoms. The van der Waals surface area contributed by atoms with E-state index in [4.69, 9.17) is 4.74 Å². The van der Waals surface area contributed by atoms with Gasteiger partial charge in [0.1, 0.15) is 11.4 Å². The van der Waals surface area contributed by atoms with E-state index in [2.05, 4.69) is 20.3 Å². The third kappa shape index (κ3) is 4.59. The molecule has 0 saturated heterocycles. The Bertz CT molecular complexity index is 759. The van der Waals surface area contributed by atoms with Crippen molar-refractivity contribution in [3.05, 3.63) is 42.1 Å². The number of aromatic nitrogens is 2. The lowest BCUT2D eigenvalue weighted by molar-refractivity contribution is 0.0565. The van der Waals surface area contributed by atoms with Crippen LogP contribution in [0.4, 0.5) is 16.3 Å². The summed E-state index contributed by atoms with van der Waals surface area (Å²) in [6, 6.07) is 9.97. The number of rotatable bonds is 4. The summed E-state index contributed by atoms with van der Waals surface area (Å²) in [5.41, 5.74) is 1.45. The number of hydrogen-bond donors (Lipinski definition) is 1. The summed E-state index contributed by atoms with van der Waals surface area (Å²) < 4.78 is 7.15. The lowest BCUT2D eigenvalue weighted by Gasteiger charge is -2.18. The lowest BCUT2D eigenvalue weighted by atomic mass is 10.2. The van der Waals surface area contributed by atoms with Gasteiger partial charge in [0, 0.05) is 19.2 Å². The molecule has 1 aromatic heterocycles. The number of nitrogens with one attached hydrogen (secondary N) is 1. The molecule has 0 atom stereocenters. The topological polar surface area (TPSA) is 71.8 Å². The number of hydrogen-bond acceptors (Lipinski definition) is 5. The normalized spacial score (nSPS) is 14.0. The van der Waals surface area contributed by atoms with Gasteiger partial charge in [-0.05, 0) is 38.5 Å². The zero-order valence-electron chi connectivity index (χ0n) is 14.8. The highest BCUT2D eigenvalue weighted by atomic mass is 16.6. The number of fused-ring (bicyclic) bond motifs is 1. The van der Waals surface area contributed by atoms with Gasteiger partial charge >= 0.3 is 6.09 Å². The summed E-state index contributed by atoms with van der Waals surface area (Å²) in [7, 11) is 0. The lowest BCUT2D eigenvalue weighted by Crippen LogP contribution is -2.31. The quantitative estimate of drug-likeness (QED) is 0.685. The van der Waals surface area contributed by atoms with Crippen LogP contribution in [0.25, 0.3) is 0 Å². The summed E-state index contributed by atoms with van der Waals surface area (Å²) in [5, 5.41) is 6.78. The SMILES string of the molecule is CC(C)(C)OC(=O)NC=Nc1ccc(CN2CCn3nccc32)cc1. The van der Waals surface area contributed by atoms with Gasteiger partial charge in [0.15, 0.2) is 0 Å². The van der Waals surface area contributed by atoms with Gasteiger partial charge in [0.05, 0.1) is 24.8 Å². The van der Waals surface area contributed by atoms with Gasteiger partial charge in [-0.25, -0.2) is 14.5 Å². The van der Waals surface area contributed by atoms with Crippen molar-refractivity contribution < 1.29 is 9.53 Å². The first-order valence-electron chi connectivity index (χ1n) is 8.28. The molecule has 1 aliphatic heterocycles. The molecule has 2 heterocycles. The Hall–Kier alpha value is -2.83. The van der Waals surface area contributed by atoms with Crippen molar-refractivity contribution in [3.8, 4) is 0 Å². The van der Waals surface area contributed by atoms with Gasteiger partial charge in [-0.2, -0.15) is 5.10 Å². The van der Waals surface area contributed by atoms with E-state index in [1.165, 1.54) is 11.9 Å². The molecular weight excluding hydrogens is 318 g/mol. The Labute approximate surface area is 147 Å². The van der Waals surface area contributed by atoms with Crippen LogP contribution in [0.3, 0.4) is 0 Å². The second-order valence-electron chi connectivity index (χ2n) is 6.90. The number of anilines is 1. The standard InChI is InChI=1S/C18H23N5O2/c1-18(2,3)25-17(24)20-13-19-15-6-4-14(5-7-15)12-22-10-11-23-16(22)8-9-21-23/h4-9,13H,10-12H2,1-3H3,(H,19,20,24). The number of amides is 1. The Morgan fingerprint density at radius 1 is 1.28 bits per heavy atom. The van der Waals surface area contributed by atoms with Gasteiger partial charge in [-0.1, -0.05) is 12.1 Å². The van der Waals surface area contributed by atoms with E-state index in [0.717, 1.165) is 31.1 Å². The second-order valence-corrected chi connectivity index (χ2v) is 6.90. The van der Waals surface area contributed by atoms with Crippen LogP contribution >= 0.6 is 0 Å². The highest BCUT2D eigenvalue weighted by Gasteiger charge is 2.19. The average molecular weight is 341 g/mol. The van der Waals surface area contributed by atoms with Crippen molar-refractivity contribution in [3.63, 3.8) is 0 Å². The third-order valence-electron chi connectivity index (χ3n) is 3.70. The minimum absolute atomic E-state index is 0.515. The van der Waals surface area contributed by atoms with Gasteiger partial charge < -0.3 is 9.64 Å². The van der Waals surface area contributed by atoms with Crippen LogP contribution < -0.4 is 10.2 Å². The average Bonchev–Trinajstić information content (AvgIpc) is 3.12. The van der Waals surface area contributed by atoms with Crippen LogP contribution in [-0.2, 0) is 17.8 Å². The number of alkyl carbamates (subject to hydrolysis) is 1. The fraction of sp³-hybridized carbons (Fsp3) is 0.389. The van der Waals surface area contributed by atoms with Gasteiger partial charge in [0.25, 0.3) is 0 Å². The highest BCUT2D eigenvalue weighted by molar-refractivity contribution is 5.83. The van der Waals surface area contributed by atoms with E-state index in [-0.39, 0.29) is 0 Å². The maximum atomic E-state index is 11.5. The maximum absolute atomic E-state index is 11.5. The Balaban J connectivity index is 1.52. The minimum atomic E-state index is -0.523. The molecule has 0 spiro atoms. The van der Waals surface area contributed by atoms with Crippen LogP contribution in [-0.4, -0.2) is 34.4 Å². The predicted octanol–water partition coefficient (Wildman–Crippen LogP) is 3.09. The minimum Gasteiger partial charge on any atom is -0.444 e. The zero-order valence-corrected chi connectivity index (χ0v) is 14.8. The van der Waals surface area contributed by atoms with E-state index in [1.54, 1.807) is 0 Å². The number of benzene rings is 1. The van der Waals surface area contributed by atoms with Crippen molar-refractivity contribution >= 4 is 23.9 Å². The second kappa shape index (κ2) is 6.96.